The lowest BCUT2D eigenvalue weighted by Crippen LogP contribution is -1.86. The summed E-state index contributed by atoms with van der Waals surface area (Å²) in [5.41, 5.74) is 4.16. The molecule has 78 valence electrons. The van der Waals surface area contributed by atoms with Gasteiger partial charge in [-0.3, -0.25) is 4.98 Å². The van der Waals surface area contributed by atoms with Crippen molar-refractivity contribution in [3.63, 3.8) is 0 Å². The third-order valence-electron chi connectivity index (χ3n) is 2.65. The molecule has 0 saturated carbocycles. The summed E-state index contributed by atoms with van der Waals surface area (Å²) in [5, 5.41) is 0. The molecule has 3 aromatic rings. The standard InChI is InChI=1S/C13H11N3/c1-10-4-2-6-13-15-12(9-16(10)13)11-5-3-7-14-8-11/h2-9H,1H3. The number of aryl methyl sites for hydroxylation is 1. The Labute approximate surface area is 93.4 Å². The van der Waals surface area contributed by atoms with E-state index in [4.69, 9.17) is 0 Å². The summed E-state index contributed by atoms with van der Waals surface area (Å²) in [6, 6.07) is 10.0. The topological polar surface area (TPSA) is 30.2 Å². The average molecular weight is 209 g/mol. The Morgan fingerprint density at radius 3 is 2.81 bits per heavy atom. The van der Waals surface area contributed by atoms with Crippen molar-refractivity contribution in [2.75, 3.05) is 0 Å². The summed E-state index contributed by atoms with van der Waals surface area (Å²) in [6.45, 7) is 2.07. The van der Waals surface area contributed by atoms with E-state index in [-0.39, 0.29) is 0 Å². The number of pyridine rings is 2. The second-order valence-corrected chi connectivity index (χ2v) is 3.76. The van der Waals surface area contributed by atoms with E-state index >= 15 is 0 Å². The van der Waals surface area contributed by atoms with Crippen LogP contribution in [0.4, 0.5) is 0 Å². The normalized spacial score (nSPS) is 10.8. The molecule has 3 rings (SSSR count). The SMILES string of the molecule is Cc1cccc2nc(-c3cccnc3)cn12. The maximum absolute atomic E-state index is 4.57. The monoisotopic (exact) mass is 209 g/mol. The molecule has 0 unspecified atom stereocenters. The molecule has 3 heterocycles. The highest BCUT2D eigenvalue weighted by Crippen LogP contribution is 2.18. The Morgan fingerprint density at radius 1 is 1.12 bits per heavy atom. The Bertz CT molecular complexity index is 626. The Hall–Kier alpha value is -2.16. The maximum atomic E-state index is 4.57. The van der Waals surface area contributed by atoms with Gasteiger partial charge in [-0.2, -0.15) is 0 Å². The van der Waals surface area contributed by atoms with Crippen LogP contribution < -0.4 is 0 Å². The molecule has 0 radical (unpaired) electrons. The van der Waals surface area contributed by atoms with E-state index in [1.165, 1.54) is 5.69 Å². The van der Waals surface area contributed by atoms with E-state index in [9.17, 15) is 0 Å². The van der Waals surface area contributed by atoms with E-state index in [1.54, 1.807) is 6.20 Å². The molecular weight excluding hydrogens is 198 g/mol. The van der Waals surface area contributed by atoms with Crippen LogP contribution in [0.5, 0.6) is 0 Å². The Kier molecular flexibility index (Phi) is 1.96. The molecule has 0 aliphatic heterocycles. The third-order valence-corrected chi connectivity index (χ3v) is 2.65. The highest BCUT2D eigenvalue weighted by Gasteiger charge is 2.04. The van der Waals surface area contributed by atoms with Gasteiger partial charge in [-0.05, 0) is 31.2 Å². The van der Waals surface area contributed by atoms with E-state index in [2.05, 4.69) is 27.4 Å². The van der Waals surface area contributed by atoms with Crippen LogP contribution in [-0.2, 0) is 0 Å². The lowest BCUT2D eigenvalue weighted by atomic mass is 10.2. The summed E-state index contributed by atoms with van der Waals surface area (Å²) in [4.78, 5) is 8.67. The largest absolute Gasteiger partial charge is 0.304 e. The maximum Gasteiger partial charge on any atom is 0.137 e. The predicted octanol–water partition coefficient (Wildman–Crippen LogP) is 2.70. The second kappa shape index (κ2) is 3.45. The number of imidazole rings is 1. The van der Waals surface area contributed by atoms with Crippen LogP contribution in [-0.4, -0.2) is 14.4 Å². The van der Waals surface area contributed by atoms with Crippen molar-refractivity contribution >= 4 is 5.65 Å². The molecule has 0 aliphatic rings. The minimum absolute atomic E-state index is 0.961. The van der Waals surface area contributed by atoms with Gasteiger partial charge in [0.1, 0.15) is 5.65 Å². The molecule has 3 aromatic heterocycles. The van der Waals surface area contributed by atoms with Gasteiger partial charge in [0.2, 0.25) is 0 Å². The first kappa shape index (κ1) is 9.09. The van der Waals surface area contributed by atoms with Gasteiger partial charge in [0, 0.05) is 29.8 Å². The summed E-state index contributed by atoms with van der Waals surface area (Å²) < 4.78 is 2.09. The van der Waals surface area contributed by atoms with Gasteiger partial charge in [0.25, 0.3) is 0 Å². The van der Waals surface area contributed by atoms with Crippen molar-refractivity contribution in [1.29, 1.82) is 0 Å². The lowest BCUT2D eigenvalue weighted by Gasteiger charge is -1.95. The molecular formula is C13H11N3. The van der Waals surface area contributed by atoms with Gasteiger partial charge >= 0.3 is 0 Å². The Balaban J connectivity index is 2.23. The molecule has 0 bridgehead atoms. The first-order valence-corrected chi connectivity index (χ1v) is 5.20. The van der Waals surface area contributed by atoms with Crippen LogP contribution in [0, 0.1) is 6.92 Å². The zero-order valence-corrected chi connectivity index (χ0v) is 8.96. The van der Waals surface area contributed by atoms with Crippen LogP contribution in [0.2, 0.25) is 0 Å². The summed E-state index contributed by atoms with van der Waals surface area (Å²) in [5.74, 6) is 0. The summed E-state index contributed by atoms with van der Waals surface area (Å²) in [6.07, 6.45) is 5.64. The molecule has 0 aromatic carbocycles. The third kappa shape index (κ3) is 1.37. The van der Waals surface area contributed by atoms with Crippen molar-refractivity contribution in [3.05, 3.63) is 54.6 Å². The smallest absolute Gasteiger partial charge is 0.137 e. The zero-order valence-electron chi connectivity index (χ0n) is 8.96. The Morgan fingerprint density at radius 2 is 2.06 bits per heavy atom. The summed E-state index contributed by atoms with van der Waals surface area (Å²) in [7, 11) is 0. The number of hydrogen-bond acceptors (Lipinski definition) is 2. The van der Waals surface area contributed by atoms with Gasteiger partial charge < -0.3 is 4.40 Å². The molecule has 0 saturated heterocycles. The predicted molar refractivity (Wildman–Crippen MR) is 63.2 cm³/mol. The highest BCUT2D eigenvalue weighted by molar-refractivity contribution is 5.61. The molecule has 3 heteroatoms. The minimum atomic E-state index is 0.961. The number of rotatable bonds is 1. The van der Waals surface area contributed by atoms with Gasteiger partial charge in [0.15, 0.2) is 0 Å². The number of nitrogens with zero attached hydrogens (tertiary/aromatic N) is 3. The van der Waals surface area contributed by atoms with Gasteiger partial charge in [-0.15, -0.1) is 0 Å². The van der Waals surface area contributed by atoms with Crippen LogP contribution in [0.3, 0.4) is 0 Å². The first-order valence-electron chi connectivity index (χ1n) is 5.20. The fourth-order valence-corrected chi connectivity index (χ4v) is 1.80. The van der Waals surface area contributed by atoms with Gasteiger partial charge in [0.05, 0.1) is 5.69 Å². The molecule has 0 atom stereocenters. The molecule has 0 amide bonds. The molecule has 0 spiro atoms. The fraction of sp³-hybridized carbons (Fsp3) is 0.0769. The van der Waals surface area contributed by atoms with E-state index < -0.39 is 0 Å². The molecule has 16 heavy (non-hydrogen) atoms. The number of fused-ring (bicyclic) bond motifs is 1. The second-order valence-electron chi connectivity index (χ2n) is 3.76. The van der Waals surface area contributed by atoms with Crippen molar-refractivity contribution in [3.8, 4) is 11.3 Å². The average Bonchev–Trinajstić information content (AvgIpc) is 2.76. The highest BCUT2D eigenvalue weighted by atomic mass is 15.0. The van der Waals surface area contributed by atoms with Gasteiger partial charge in [-0.25, -0.2) is 4.98 Å². The molecule has 0 N–H and O–H groups in total. The van der Waals surface area contributed by atoms with Crippen molar-refractivity contribution in [2.45, 2.75) is 6.92 Å². The molecule has 0 aliphatic carbocycles. The van der Waals surface area contributed by atoms with Crippen molar-refractivity contribution in [1.82, 2.24) is 14.4 Å². The van der Waals surface area contributed by atoms with Crippen LogP contribution in [0.1, 0.15) is 5.69 Å². The zero-order chi connectivity index (χ0) is 11.0. The number of hydrogen-bond donors (Lipinski definition) is 0. The van der Waals surface area contributed by atoms with E-state index in [0.29, 0.717) is 0 Å². The van der Waals surface area contributed by atoms with Crippen molar-refractivity contribution in [2.24, 2.45) is 0 Å². The molecule has 0 fully saturated rings. The van der Waals surface area contributed by atoms with E-state index in [0.717, 1.165) is 16.9 Å². The van der Waals surface area contributed by atoms with Crippen molar-refractivity contribution < 1.29 is 0 Å². The van der Waals surface area contributed by atoms with E-state index in [1.807, 2.05) is 36.7 Å². The molecule has 3 nitrogen and oxygen atoms in total. The first-order chi connectivity index (χ1) is 7.84. The van der Waals surface area contributed by atoms with Crippen LogP contribution in [0.25, 0.3) is 16.9 Å². The quantitative estimate of drug-likeness (QED) is 0.616. The number of aromatic nitrogens is 3. The van der Waals surface area contributed by atoms with Crippen LogP contribution in [0.15, 0.2) is 48.9 Å². The summed E-state index contributed by atoms with van der Waals surface area (Å²) >= 11 is 0. The van der Waals surface area contributed by atoms with Crippen LogP contribution >= 0.6 is 0 Å². The van der Waals surface area contributed by atoms with Gasteiger partial charge in [-0.1, -0.05) is 6.07 Å². The fourth-order valence-electron chi connectivity index (χ4n) is 1.80. The minimum Gasteiger partial charge on any atom is -0.304 e. The lowest BCUT2D eigenvalue weighted by molar-refractivity contribution is 1.09.